The van der Waals surface area contributed by atoms with Gasteiger partial charge in [-0.15, -0.1) is 0 Å². The van der Waals surface area contributed by atoms with Crippen LogP contribution in [-0.4, -0.2) is 19.9 Å². The predicted octanol–water partition coefficient (Wildman–Crippen LogP) is 12.5. The molecule has 2 aliphatic heterocycles. The topological polar surface area (TPSA) is 57.4 Å². The molecule has 0 saturated heterocycles. The first kappa shape index (κ1) is 30.8. The lowest BCUT2D eigenvalue weighted by Gasteiger charge is -2.09. The van der Waals surface area contributed by atoms with Crippen LogP contribution in [0.15, 0.2) is 164 Å². The van der Waals surface area contributed by atoms with Crippen LogP contribution >= 0.6 is 0 Å². The van der Waals surface area contributed by atoms with E-state index >= 15 is 0 Å². The second-order valence-electron chi connectivity index (χ2n) is 13.5. The summed E-state index contributed by atoms with van der Waals surface area (Å²) in [5.41, 5.74) is 17.4. The van der Waals surface area contributed by atoms with Crippen molar-refractivity contribution >= 4 is 46.4 Å². The number of fused-ring (bicyclic) bond motifs is 8. The van der Waals surface area contributed by atoms with Gasteiger partial charge in [-0.3, -0.25) is 0 Å². The monoisotopic (exact) mass is 678 g/mol. The van der Waals surface area contributed by atoms with Crippen molar-refractivity contribution in [3.63, 3.8) is 0 Å². The van der Waals surface area contributed by atoms with Gasteiger partial charge in [0.05, 0.1) is 22.8 Å². The van der Waals surface area contributed by atoms with Gasteiger partial charge in [-0.1, -0.05) is 140 Å². The van der Waals surface area contributed by atoms with E-state index < -0.39 is 0 Å². The molecule has 0 radical (unpaired) electrons. The molecule has 0 atom stereocenters. The maximum absolute atomic E-state index is 5.43. The molecule has 53 heavy (non-hydrogen) atoms. The molecule has 0 spiro atoms. The first-order valence-corrected chi connectivity index (χ1v) is 18.0. The Morgan fingerprint density at radius 1 is 0.340 bits per heavy atom. The molecule has 250 valence electrons. The standard InChI is InChI=1S/C49H34N4/c1-4-14-34(15-5-1)46-38-24-26-40(50-38)47(35-16-6-2-7-17-35)42-28-30-44(52-42)49(37-22-20-33(21-23-37)32-12-10-11-13-32)45-31-29-43(53-45)48(36-18-8-3-9-19-36)41-27-25-39(46)51-41/h1-32,50,53H. The minimum atomic E-state index is 0.296. The highest BCUT2D eigenvalue weighted by atomic mass is 14.8. The maximum Gasteiger partial charge on any atom is 0.0737 e. The highest BCUT2D eigenvalue weighted by Gasteiger charge is 2.19. The summed E-state index contributed by atoms with van der Waals surface area (Å²) in [6.45, 7) is 0. The normalized spacial score (nSPS) is 13.3. The third-order valence-electron chi connectivity index (χ3n) is 10.3. The number of hydrogen-bond acceptors (Lipinski definition) is 2. The summed E-state index contributed by atoms with van der Waals surface area (Å²) < 4.78 is 0. The van der Waals surface area contributed by atoms with E-state index in [1.807, 2.05) is 0 Å². The molecule has 2 N–H and O–H groups in total. The zero-order chi connectivity index (χ0) is 35.1. The SMILES string of the molecule is C1=CC(c2ccc(-c3c4nc(c(-c5ccccc5)c5ccc([nH]5)c(-c5ccccc5)c5nc(c(-c6ccccc6)c6ccc3[nH]6)C=C5)C=C4)cc2)C=C1. The van der Waals surface area contributed by atoms with E-state index in [9.17, 15) is 0 Å². The summed E-state index contributed by atoms with van der Waals surface area (Å²) in [6.07, 6.45) is 17.3. The minimum absolute atomic E-state index is 0.296. The molecule has 0 unspecified atom stereocenters. The van der Waals surface area contributed by atoms with E-state index in [2.05, 4.69) is 198 Å². The third kappa shape index (κ3) is 5.58. The third-order valence-corrected chi connectivity index (χ3v) is 10.3. The number of H-pyrrole nitrogens is 2. The van der Waals surface area contributed by atoms with Crippen molar-refractivity contribution in [3.8, 4) is 44.5 Å². The van der Waals surface area contributed by atoms with Gasteiger partial charge in [0.1, 0.15) is 0 Å². The van der Waals surface area contributed by atoms with E-state index in [1.54, 1.807) is 0 Å². The van der Waals surface area contributed by atoms with Crippen LogP contribution in [0.25, 0.3) is 90.9 Å². The average molecular weight is 679 g/mol. The molecule has 0 saturated carbocycles. The Labute approximate surface area is 307 Å². The van der Waals surface area contributed by atoms with Gasteiger partial charge >= 0.3 is 0 Å². The van der Waals surface area contributed by atoms with E-state index in [-0.39, 0.29) is 0 Å². The molecule has 5 heterocycles. The van der Waals surface area contributed by atoms with E-state index in [1.165, 1.54) is 5.56 Å². The minimum Gasteiger partial charge on any atom is -0.354 e. The molecule has 1 aliphatic carbocycles. The Balaban J connectivity index is 1.34. The number of benzene rings is 4. The Morgan fingerprint density at radius 2 is 0.660 bits per heavy atom. The summed E-state index contributed by atoms with van der Waals surface area (Å²) >= 11 is 0. The first-order chi connectivity index (χ1) is 26.3. The molecule has 0 fully saturated rings. The van der Waals surface area contributed by atoms with Crippen molar-refractivity contribution in [1.29, 1.82) is 0 Å². The van der Waals surface area contributed by atoms with Gasteiger partial charge in [-0.2, -0.15) is 0 Å². The fourth-order valence-corrected chi connectivity index (χ4v) is 7.76. The van der Waals surface area contributed by atoms with Crippen molar-refractivity contribution in [2.45, 2.75) is 5.92 Å². The Morgan fingerprint density at radius 3 is 1.00 bits per heavy atom. The zero-order valence-electron chi connectivity index (χ0n) is 28.9. The fraction of sp³-hybridized carbons (Fsp3) is 0.0204. The van der Waals surface area contributed by atoms with Crippen molar-refractivity contribution in [1.82, 2.24) is 19.9 Å². The molecule has 4 heteroatoms. The number of aromatic amines is 2. The molecule has 3 aromatic heterocycles. The predicted molar refractivity (Wildman–Crippen MR) is 222 cm³/mol. The molecule has 3 aliphatic rings. The van der Waals surface area contributed by atoms with Crippen molar-refractivity contribution in [2.24, 2.45) is 0 Å². The molecular formula is C49H34N4. The number of nitrogens with zero attached hydrogens (tertiary/aromatic N) is 2. The summed E-state index contributed by atoms with van der Waals surface area (Å²) in [5.74, 6) is 0.296. The lowest BCUT2D eigenvalue weighted by atomic mass is 9.96. The molecule has 7 aromatic rings. The van der Waals surface area contributed by atoms with Gasteiger partial charge < -0.3 is 9.97 Å². The lowest BCUT2D eigenvalue weighted by molar-refractivity contribution is 1.10. The van der Waals surface area contributed by atoms with Crippen molar-refractivity contribution in [2.75, 3.05) is 0 Å². The van der Waals surface area contributed by atoms with Crippen molar-refractivity contribution < 1.29 is 0 Å². The number of hydrogen-bond donors (Lipinski definition) is 2. The fourth-order valence-electron chi connectivity index (χ4n) is 7.76. The molecular weight excluding hydrogens is 645 g/mol. The zero-order valence-corrected chi connectivity index (χ0v) is 28.9. The summed E-state index contributed by atoms with van der Waals surface area (Å²) in [7, 11) is 0. The van der Waals surface area contributed by atoms with Crippen LogP contribution in [0.1, 0.15) is 34.3 Å². The summed E-state index contributed by atoms with van der Waals surface area (Å²) in [6, 6.07) is 49.2. The largest absolute Gasteiger partial charge is 0.354 e. The quantitative estimate of drug-likeness (QED) is 0.190. The van der Waals surface area contributed by atoms with E-state index in [0.29, 0.717) is 5.92 Å². The van der Waals surface area contributed by atoms with E-state index in [0.717, 1.165) is 89.4 Å². The van der Waals surface area contributed by atoms with Gasteiger partial charge in [0.2, 0.25) is 0 Å². The molecule has 0 amide bonds. The Bertz CT molecular complexity index is 2750. The van der Waals surface area contributed by atoms with Gasteiger partial charge in [-0.05, 0) is 76.4 Å². The van der Waals surface area contributed by atoms with Gasteiger partial charge in [0.25, 0.3) is 0 Å². The Hall–Kier alpha value is -7.04. The number of rotatable bonds is 5. The number of allylic oxidation sites excluding steroid dienone is 4. The van der Waals surface area contributed by atoms with Crippen LogP contribution in [0.3, 0.4) is 0 Å². The molecule has 4 nitrogen and oxygen atoms in total. The van der Waals surface area contributed by atoms with Crippen molar-refractivity contribution in [3.05, 3.63) is 192 Å². The maximum atomic E-state index is 5.43. The van der Waals surface area contributed by atoms with E-state index in [4.69, 9.17) is 9.97 Å². The average Bonchev–Trinajstić information content (AvgIpc) is 4.07. The molecule has 10 rings (SSSR count). The number of nitrogens with one attached hydrogen (secondary N) is 2. The first-order valence-electron chi connectivity index (χ1n) is 18.0. The van der Waals surface area contributed by atoms with Crippen LogP contribution < -0.4 is 0 Å². The second kappa shape index (κ2) is 12.9. The van der Waals surface area contributed by atoms with Crippen LogP contribution in [-0.2, 0) is 0 Å². The summed E-state index contributed by atoms with van der Waals surface area (Å²) in [5, 5.41) is 0. The van der Waals surface area contributed by atoms with Gasteiger partial charge in [0.15, 0.2) is 0 Å². The van der Waals surface area contributed by atoms with Crippen LogP contribution in [0.4, 0.5) is 0 Å². The highest BCUT2D eigenvalue weighted by Crippen LogP contribution is 2.38. The smallest absolute Gasteiger partial charge is 0.0737 e. The van der Waals surface area contributed by atoms with Crippen LogP contribution in [0.2, 0.25) is 0 Å². The van der Waals surface area contributed by atoms with Crippen LogP contribution in [0, 0.1) is 0 Å². The summed E-state index contributed by atoms with van der Waals surface area (Å²) in [4.78, 5) is 18.5. The Kier molecular flexibility index (Phi) is 7.51. The van der Waals surface area contributed by atoms with Crippen LogP contribution in [0.5, 0.6) is 0 Å². The number of aromatic nitrogens is 4. The highest BCUT2D eigenvalue weighted by molar-refractivity contribution is 5.99. The van der Waals surface area contributed by atoms with Gasteiger partial charge in [0, 0.05) is 50.2 Å². The lowest BCUT2D eigenvalue weighted by Crippen LogP contribution is -1.91. The second-order valence-corrected chi connectivity index (χ2v) is 13.5. The molecule has 8 bridgehead atoms. The van der Waals surface area contributed by atoms with Gasteiger partial charge in [-0.25, -0.2) is 9.97 Å². The molecule has 4 aromatic carbocycles.